The third kappa shape index (κ3) is 4.37. The highest BCUT2D eigenvalue weighted by atomic mass is 32.1. The van der Waals surface area contributed by atoms with E-state index in [1.807, 2.05) is 6.92 Å². The monoisotopic (exact) mass is 334 g/mol. The van der Waals surface area contributed by atoms with Crippen LogP contribution in [0.2, 0.25) is 0 Å². The molecular weight excluding hydrogens is 316 g/mol. The van der Waals surface area contributed by atoms with E-state index in [9.17, 15) is 9.59 Å². The van der Waals surface area contributed by atoms with Crippen LogP contribution >= 0.6 is 11.3 Å². The number of ether oxygens (including phenoxy) is 2. The van der Waals surface area contributed by atoms with Crippen LogP contribution in [0.3, 0.4) is 0 Å². The standard InChI is InChI=1S/C16H18N2O4S/c1-4-18(2)15(19)11-6-5-7-12(8-11)22-16(20)13-9-17-14(23-13)10-21-3/h5-9H,4,10H2,1-3H3. The van der Waals surface area contributed by atoms with Gasteiger partial charge in [0, 0.05) is 26.3 Å². The number of amides is 1. The van der Waals surface area contributed by atoms with Crippen molar-refractivity contribution in [1.82, 2.24) is 9.88 Å². The predicted molar refractivity (Wildman–Crippen MR) is 86.9 cm³/mol. The Kier molecular flexibility index (Phi) is 5.84. The van der Waals surface area contributed by atoms with Crippen LogP contribution in [0.15, 0.2) is 30.5 Å². The molecule has 6 nitrogen and oxygen atoms in total. The molecule has 0 unspecified atom stereocenters. The summed E-state index contributed by atoms with van der Waals surface area (Å²) < 4.78 is 10.3. The van der Waals surface area contributed by atoms with Gasteiger partial charge < -0.3 is 14.4 Å². The highest BCUT2D eigenvalue weighted by Crippen LogP contribution is 2.19. The largest absolute Gasteiger partial charge is 0.422 e. The number of hydrogen-bond acceptors (Lipinski definition) is 6. The van der Waals surface area contributed by atoms with E-state index in [0.29, 0.717) is 34.3 Å². The van der Waals surface area contributed by atoms with Crippen molar-refractivity contribution in [2.24, 2.45) is 0 Å². The summed E-state index contributed by atoms with van der Waals surface area (Å²) in [6.45, 7) is 2.85. The van der Waals surface area contributed by atoms with Crippen molar-refractivity contribution < 1.29 is 19.1 Å². The van der Waals surface area contributed by atoms with E-state index < -0.39 is 5.97 Å². The van der Waals surface area contributed by atoms with Crippen molar-refractivity contribution in [2.75, 3.05) is 20.7 Å². The molecule has 0 aliphatic rings. The quantitative estimate of drug-likeness (QED) is 0.600. The SMILES string of the molecule is CCN(C)C(=O)c1cccc(OC(=O)c2cnc(COC)s2)c1. The Morgan fingerprint density at radius 3 is 2.83 bits per heavy atom. The maximum Gasteiger partial charge on any atom is 0.355 e. The van der Waals surface area contributed by atoms with E-state index in [0.717, 1.165) is 0 Å². The van der Waals surface area contributed by atoms with Gasteiger partial charge in [-0.15, -0.1) is 11.3 Å². The van der Waals surface area contributed by atoms with Crippen LogP contribution in [0.5, 0.6) is 5.75 Å². The lowest BCUT2D eigenvalue weighted by atomic mass is 10.2. The second-order valence-electron chi connectivity index (χ2n) is 4.79. The molecule has 1 amide bonds. The number of methoxy groups -OCH3 is 1. The van der Waals surface area contributed by atoms with Crippen molar-refractivity contribution in [3.05, 3.63) is 45.9 Å². The smallest absolute Gasteiger partial charge is 0.355 e. The number of carbonyl (C=O) groups excluding carboxylic acids is 2. The summed E-state index contributed by atoms with van der Waals surface area (Å²) >= 11 is 1.22. The van der Waals surface area contributed by atoms with Gasteiger partial charge in [0.25, 0.3) is 5.91 Å². The number of nitrogens with zero attached hydrogens (tertiary/aromatic N) is 2. The second-order valence-corrected chi connectivity index (χ2v) is 5.90. The minimum atomic E-state index is -0.502. The highest BCUT2D eigenvalue weighted by molar-refractivity contribution is 7.13. The summed E-state index contributed by atoms with van der Waals surface area (Å²) in [6.07, 6.45) is 1.46. The van der Waals surface area contributed by atoms with Crippen molar-refractivity contribution >= 4 is 23.2 Å². The van der Waals surface area contributed by atoms with Gasteiger partial charge in [-0.25, -0.2) is 9.78 Å². The van der Waals surface area contributed by atoms with Gasteiger partial charge in [0.1, 0.15) is 15.6 Å². The molecule has 122 valence electrons. The molecule has 7 heteroatoms. The maximum absolute atomic E-state index is 12.1. The summed E-state index contributed by atoms with van der Waals surface area (Å²) in [5.74, 6) is -0.295. The zero-order valence-electron chi connectivity index (χ0n) is 13.2. The highest BCUT2D eigenvalue weighted by Gasteiger charge is 2.15. The molecule has 2 aromatic rings. The number of aromatic nitrogens is 1. The average molecular weight is 334 g/mol. The first kappa shape index (κ1) is 17.1. The Bertz CT molecular complexity index is 699. The summed E-state index contributed by atoms with van der Waals surface area (Å²) in [4.78, 5) is 30.3. The van der Waals surface area contributed by atoms with Crippen molar-refractivity contribution in [1.29, 1.82) is 0 Å². The van der Waals surface area contributed by atoms with Gasteiger partial charge in [0.05, 0.1) is 12.8 Å². The van der Waals surface area contributed by atoms with Gasteiger partial charge in [-0.3, -0.25) is 4.79 Å². The van der Waals surface area contributed by atoms with Gasteiger partial charge in [0.15, 0.2) is 0 Å². The van der Waals surface area contributed by atoms with Gasteiger partial charge >= 0.3 is 5.97 Å². The number of hydrogen-bond donors (Lipinski definition) is 0. The number of rotatable bonds is 6. The Hall–Kier alpha value is -2.25. The molecule has 1 heterocycles. The lowest BCUT2D eigenvalue weighted by molar-refractivity contribution is 0.0734. The van der Waals surface area contributed by atoms with Crippen LogP contribution in [-0.2, 0) is 11.3 Å². The summed E-state index contributed by atoms with van der Waals surface area (Å²) in [5.41, 5.74) is 0.476. The van der Waals surface area contributed by atoms with E-state index in [1.165, 1.54) is 17.5 Å². The maximum atomic E-state index is 12.1. The number of thiazole rings is 1. The summed E-state index contributed by atoms with van der Waals surface area (Å²) in [7, 11) is 3.28. The topological polar surface area (TPSA) is 68.7 Å². The summed E-state index contributed by atoms with van der Waals surface area (Å²) in [5, 5.41) is 0.702. The zero-order valence-corrected chi connectivity index (χ0v) is 14.1. The third-order valence-corrected chi connectivity index (χ3v) is 4.09. The second kappa shape index (κ2) is 7.85. The molecule has 2 rings (SSSR count). The van der Waals surface area contributed by atoms with Gasteiger partial charge in [0.2, 0.25) is 0 Å². The molecule has 0 bridgehead atoms. The zero-order chi connectivity index (χ0) is 16.8. The van der Waals surface area contributed by atoms with Crippen LogP contribution in [0, 0.1) is 0 Å². The van der Waals surface area contributed by atoms with Gasteiger partial charge in [-0.05, 0) is 25.1 Å². The minimum absolute atomic E-state index is 0.120. The van der Waals surface area contributed by atoms with Gasteiger partial charge in [-0.2, -0.15) is 0 Å². The number of carbonyl (C=O) groups is 2. The van der Waals surface area contributed by atoms with Crippen LogP contribution < -0.4 is 4.74 Å². The molecule has 0 saturated carbocycles. The molecule has 0 saturated heterocycles. The fraction of sp³-hybridized carbons (Fsp3) is 0.312. The first-order chi connectivity index (χ1) is 11.0. The molecular formula is C16H18N2O4S. The van der Waals surface area contributed by atoms with E-state index >= 15 is 0 Å². The predicted octanol–water partition coefficient (Wildman–Crippen LogP) is 2.60. The molecule has 1 aromatic heterocycles. The lowest BCUT2D eigenvalue weighted by Crippen LogP contribution is -2.26. The molecule has 23 heavy (non-hydrogen) atoms. The fourth-order valence-corrected chi connectivity index (χ4v) is 2.58. The van der Waals surface area contributed by atoms with Crippen molar-refractivity contribution in [3.8, 4) is 5.75 Å². The van der Waals surface area contributed by atoms with Crippen LogP contribution in [0.25, 0.3) is 0 Å². The Morgan fingerprint density at radius 2 is 2.13 bits per heavy atom. The fourth-order valence-electron chi connectivity index (χ4n) is 1.81. The minimum Gasteiger partial charge on any atom is -0.422 e. The molecule has 0 aliphatic heterocycles. The Morgan fingerprint density at radius 1 is 1.35 bits per heavy atom. The number of benzene rings is 1. The van der Waals surface area contributed by atoms with Crippen molar-refractivity contribution in [2.45, 2.75) is 13.5 Å². The normalized spacial score (nSPS) is 10.4. The Balaban J connectivity index is 2.10. The molecule has 0 N–H and O–H groups in total. The first-order valence-electron chi connectivity index (χ1n) is 7.06. The Labute approximate surface area is 138 Å². The van der Waals surface area contributed by atoms with Crippen molar-refractivity contribution in [3.63, 3.8) is 0 Å². The molecule has 0 radical (unpaired) electrons. The molecule has 0 aliphatic carbocycles. The third-order valence-electron chi connectivity index (χ3n) is 3.14. The van der Waals surface area contributed by atoms with Crippen LogP contribution in [0.1, 0.15) is 32.0 Å². The van der Waals surface area contributed by atoms with E-state index in [-0.39, 0.29) is 5.91 Å². The van der Waals surface area contributed by atoms with Gasteiger partial charge in [-0.1, -0.05) is 6.07 Å². The summed E-state index contributed by atoms with van der Waals surface area (Å²) in [6, 6.07) is 6.57. The van der Waals surface area contributed by atoms with E-state index in [4.69, 9.17) is 9.47 Å². The van der Waals surface area contributed by atoms with Crippen LogP contribution in [0.4, 0.5) is 0 Å². The van der Waals surface area contributed by atoms with Crippen LogP contribution in [-0.4, -0.2) is 42.5 Å². The molecule has 0 spiro atoms. The van der Waals surface area contributed by atoms with E-state index in [1.54, 1.807) is 43.3 Å². The molecule has 0 fully saturated rings. The van der Waals surface area contributed by atoms with E-state index in [2.05, 4.69) is 4.98 Å². The molecule has 1 aromatic carbocycles. The first-order valence-corrected chi connectivity index (χ1v) is 7.88. The average Bonchev–Trinajstić information content (AvgIpc) is 3.03. The number of esters is 1. The lowest BCUT2D eigenvalue weighted by Gasteiger charge is -2.14. The molecule has 0 atom stereocenters.